The fourth-order valence-corrected chi connectivity index (χ4v) is 3.31. The molecule has 4 rings (SSSR count). The fourth-order valence-electron chi connectivity index (χ4n) is 3.31. The predicted octanol–water partition coefficient (Wildman–Crippen LogP) is 3.53. The van der Waals surface area contributed by atoms with Gasteiger partial charge in [0.05, 0.1) is 0 Å². The van der Waals surface area contributed by atoms with Crippen LogP contribution in [-0.2, 0) is 0 Å². The molecule has 2 N–H and O–H groups in total. The van der Waals surface area contributed by atoms with Crippen molar-refractivity contribution in [1.29, 1.82) is 0 Å². The number of rotatable bonds is 7. The van der Waals surface area contributed by atoms with Gasteiger partial charge in [0.2, 0.25) is 5.76 Å². The van der Waals surface area contributed by atoms with E-state index in [9.17, 15) is 14.4 Å². The van der Waals surface area contributed by atoms with E-state index in [1.807, 2.05) is 60.7 Å². The molecule has 0 saturated carbocycles. The highest BCUT2D eigenvalue weighted by molar-refractivity contribution is 5.96. The molecule has 0 fully saturated rings. The van der Waals surface area contributed by atoms with Crippen LogP contribution in [0.4, 0.5) is 0 Å². The number of carboxylic acids is 1. The number of nitrogens with zero attached hydrogens (tertiary/aromatic N) is 2. The topological polar surface area (TPSA) is 126 Å². The quantitative estimate of drug-likeness (QED) is 0.442. The van der Waals surface area contributed by atoms with Crippen LogP contribution in [0.3, 0.4) is 0 Å². The summed E-state index contributed by atoms with van der Waals surface area (Å²) in [5.41, 5.74) is 1.27. The summed E-state index contributed by atoms with van der Waals surface area (Å²) in [5, 5.41) is 12.5. The number of aromatic nitrogens is 3. The molecule has 154 valence electrons. The molecule has 2 heterocycles. The Balaban J connectivity index is 1.62. The van der Waals surface area contributed by atoms with Crippen molar-refractivity contribution in [3.05, 3.63) is 106 Å². The maximum absolute atomic E-state index is 13.0. The van der Waals surface area contributed by atoms with Crippen molar-refractivity contribution < 1.29 is 19.2 Å². The smallest absolute Gasteiger partial charge is 0.374 e. The van der Waals surface area contributed by atoms with Crippen LogP contribution in [0.1, 0.15) is 44.4 Å². The van der Waals surface area contributed by atoms with Crippen molar-refractivity contribution in [2.45, 2.75) is 12.3 Å². The molecule has 0 radical (unpaired) electrons. The Morgan fingerprint density at radius 1 is 1.00 bits per heavy atom. The van der Waals surface area contributed by atoms with Crippen LogP contribution in [0.2, 0.25) is 0 Å². The van der Waals surface area contributed by atoms with E-state index in [1.54, 1.807) is 0 Å². The van der Waals surface area contributed by atoms with Gasteiger partial charge in [-0.1, -0.05) is 65.8 Å². The van der Waals surface area contributed by atoms with Gasteiger partial charge in [0.1, 0.15) is 11.3 Å². The van der Waals surface area contributed by atoms with Crippen LogP contribution in [0, 0.1) is 0 Å². The van der Waals surface area contributed by atoms with E-state index in [1.165, 1.54) is 6.20 Å². The Kier molecular flexibility index (Phi) is 5.53. The van der Waals surface area contributed by atoms with Crippen molar-refractivity contribution in [3.8, 4) is 11.5 Å². The predicted molar refractivity (Wildman–Crippen MR) is 111 cm³/mol. The van der Waals surface area contributed by atoms with Crippen molar-refractivity contribution >= 4 is 11.8 Å². The summed E-state index contributed by atoms with van der Waals surface area (Å²) >= 11 is 0. The first-order chi connectivity index (χ1) is 15.0. The summed E-state index contributed by atoms with van der Waals surface area (Å²) < 4.78 is 4.67. The van der Waals surface area contributed by atoms with Crippen LogP contribution >= 0.6 is 0 Å². The molecule has 8 nitrogen and oxygen atoms in total. The highest BCUT2D eigenvalue weighted by atomic mass is 16.5. The second-order valence-electron chi connectivity index (χ2n) is 6.86. The van der Waals surface area contributed by atoms with E-state index in [-0.39, 0.29) is 41.0 Å². The van der Waals surface area contributed by atoms with E-state index in [0.29, 0.717) is 0 Å². The number of hydrogen-bond acceptors (Lipinski definition) is 6. The number of Topliss-reactive ketones (excluding diaryl/α,β-unsaturated/α-hetero) is 1. The number of nitrogens with one attached hydrogen (secondary N) is 1. The highest BCUT2D eigenvalue weighted by Gasteiger charge is 2.22. The first-order valence-electron chi connectivity index (χ1n) is 9.45. The van der Waals surface area contributed by atoms with Gasteiger partial charge in [0.15, 0.2) is 11.6 Å². The van der Waals surface area contributed by atoms with E-state index in [0.717, 1.165) is 17.2 Å². The molecule has 0 aliphatic carbocycles. The molecule has 0 unspecified atom stereocenters. The van der Waals surface area contributed by atoms with Gasteiger partial charge in [-0.25, -0.2) is 9.78 Å². The van der Waals surface area contributed by atoms with Crippen molar-refractivity contribution in [2.24, 2.45) is 0 Å². The zero-order valence-corrected chi connectivity index (χ0v) is 16.2. The molecule has 0 saturated heterocycles. The second kappa shape index (κ2) is 8.58. The summed E-state index contributed by atoms with van der Waals surface area (Å²) in [5.74, 6) is -2.24. The van der Waals surface area contributed by atoms with Crippen LogP contribution < -0.4 is 5.56 Å². The van der Waals surface area contributed by atoms with Crippen molar-refractivity contribution in [2.75, 3.05) is 0 Å². The Bertz CT molecular complexity index is 1240. The number of H-pyrrole nitrogens is 1. The Morgan fingerprint density at radius 2 is 1.61 bits per heavy atom. The number of carbonyl (C=O) groups excluding carboxylic acids is 1. The third kappa shape index (κ3) is 4.32. The lowest BCUT2D eigenvalue weighted by molar-refractivity contribution is 0.0652. The molecule has 0 spiro atoms. The minimum Gasteiger partial charge on any atom is -0.475 e. The Morgan fingerprint density at radius 3 is 2.13 bits per heavy atom. The van der Waals surface area contributed by atoms with Crippen LogP contribution in [0.15, 0.2) is 82.2 Å². The third-order valence-electron chi connectivity index (χ3n) is 4.86. The largest absolute Gasteiger partial charge is 0.475 e. The molecule has 0 aliphatic rings. The molecule has 0 aliphatic heterocycles. The van der Waals surface area contributed by atoms with Crippen molar-refractivity contribution in [3.63, 3.8) is 0 Å². The van der Waals surface area contributed by atoms with Gasteiger partial charge in [0.25, 0.3) is 5.56 Å². The lowest BCUT2D eigenvalue weighted by atomic mass is 9.86. The molecular weight excluding hydrogens is 398 g/mol. The van der Waals surface area contributed by atoms with Gasteiger partial charge in [-0.15, -0.1) is 0 Å². The standard InChI is InChI=1S/C23H17N3O5/c27-19(11-16(14-7-3-1-4-8-14)15-9-5-2-6-10-15)17-13-24-21(25-22(17)28)18-12-20(23(29)30)31-26-18/h1-10,12-13,16H,11H2,(H,29,30)(H,24,25,28). The van der Waals surface area contributed by atoms with Crippen LogP contribution in [-0.4, -0.2) is 32.0 Å². The summed E-state index contributed by atoms with van der Waals surface area (Å²) in [6, 6.07) is 20.4. The van der Waals surface area contributed by atoms with Gasteiger partial charge in [-0.2, -0.15) is 0 Å². The summed E-state index contributed by atoms with van der Waals surface area (Å²) in [6.07, 6.45) is 1.27. The Labute approximate surface area is 176 Å². The van der Waals surface area contributed by atoms with Gasteiger partial charge < -0.3 is 14.6 Å². The van der Waals surface area contributed by atoms with Gasteiger partial charge >= 0.3 is 5.97 Å². The maximum atomic E-state index is 13.0. The van der Waals surface area contributed by atoms with Crippen LogP contribution in [0.5, 0.6) is 0 Å². The monoisotopic (exact) mass is 415 g/mol. The first-order valence-corrected chi connectivity index (χ1v) is 9.45. The summed E-state index contributed by atoms with van der Waals surface area (Å²) in [4.78, 5) is 43.0. The SMILES string of the molecule is O=C(O)c1cc(-c2ncc(C(=O)CC(c3ccccc3)c3ccccc3)c(=O)[nH]2)no1. The maximum Gasteiger partial charge on any atom is 0.374 e. The van der Waals surface area contributed by atoms with Gasteiger partial charge in [0, 0.05) is 24.6 Å². The van der Waals surface area contributed by atoms with Gasteiger partial charge in [-0.05, 0) is 11.1 Å². The van der Waals surface area contributed by atoms with E-state index < -0.39 is 11.5 Å². The second-order valence-corrected chi connectivity index (χ2v) is 6.86. The lowest BCUT2D eigenvalue weighted by Gasteiger charge is -2.17. The minimum absolute atomic E-state index is 0.0143. The number of hydrogen-bond donors (Lipinski definition) is 2. The molecule has 31 heavy (non-hydrogen) atoms. The molecule has 0 amide bonds. The summed E-state index contributed by atoms with van der Waals surface area (Å²) in [6.45, 7) is 0. The van der Waals surface area contributed by atoms with E-state index in [2.05, 4.69) is 19.6 Å². The van der Waals surface area contributed by atoms with Gasteiger partial charge in [-0.3, -0.25) is 9.59 Å². The number of carboxylic acid groups (broad SMARTS) is 1. The molecule has 2 aromatic carbocycles. The highest BCUT2D eigenvalue weighted by Crippen LogP contribution is 2.29. The molecule has 2 aromatic heterocycles. The molecular formula is C23H17N3O5. The zero-order valence-electron chi connectivity index (χ0n) is 16.2. The van der Waals surface area contributed by atoms with E-state index >= 15 is 0 Å². The minimum atomic E-state index is -1.29. The van der Waals surface area contributed by atoms with Crippen LogP contribution in [0.25, 0.3) is 11.5 Å². The average Bonchev–Trinajstić information content (AvgIpc) is 3.29. The van der Waals surface area contributed by atoms with Crippen molar-refractivity contribution in [1.82, 2.24) is 15.1 Å². The lowest BCUT2D eigenvalue weighted by Crippen LogP contribution is -2.21. The Hall–Kier alpha value is -4.33. The molecule has 0 bridgehead atoms. The van der Waals surface area contributed by atoms with E-state index in [4.69, 9.17) is 5.11 Å². The average molecular weight is 415 g/mol. The first kappa shape index (κ1) is 20.0. The zero-order chi connectivity index (χ0) is 21.8. The number of benzene rings is 2. The fraction of sp³-hybridized carbons (Fsp3) is 0.0870. The number of carbonyl (C=O) groups is 2. The molecule has 4 aromatic rings. The number of aromatic amines is 1. The summed E-state index contributed by atoms with van der Waals surface area (Å²) in [7, 11) is 0. The molecule has 8 heteroatoms. The number of ketones is 1. The normalized spacial score (nSPS) is 10.9. The third-order valence-corrected chi connectivity index (χ3v) is 4.86. The number of aromatic carboxylic acids is 1. The molecule has 0 atom stereocenters.